The molecule has 1 rings (SSSR count). The van der Waals surface area contributed by atoms with Crippen molar-refractivity contribution in [3.8, 4) is 6.07 Å². The first-order valence-corrected chi connectivity index (χ1v) is 3.82. The van der Waals surface area contributed by atoms with E-state index in [0.29, 0.717) is 0 Å². The van der Waals surface area contributed by atoms with Crippen molar-refractivity contribution in [3.05, 3.63) is 11.8 Å². The van der Waals surface area contributed by atoms with E-state index in [1.54, 1.807) is 6.07 Å². The summed E-state index contributed by atoms with van der Waals surface area (Å²) in [5.74, 6) is -0.835. The Morgan fingerprint density at radius 2 is 2.36 bits per heavy atom. The Morgan fingerprint density at radius 3 is 2.79 bits per heavy atom. The van der Waals surface area contributed by atoms with Crippen molar-refractivity contribution in [2.45, 2.75) is 13.3 Å². The summed E-state index contributed by atoms with van der Waals surface area (Å²) in [7, 11) is 0. The second-order valence-corrected chi connectivity index (χ2v) is 2.74. The number of nitrogens with two attached hydrogens (primary N) is 1. The molecular formula is C8H8N4O2. The molecule has 0 aliphatic rings. The van der Waals surface area contributed by atoms with E-state index in [1.165, 1.54) is 13.1 Å². The third-order valence-electron chi connectivity index (χ3n) is 1.56. The summed E-state index contributed by atoms with van der Waals surface area (Å²) in [5.41, 5.74) is 5.56. The van der Waals surface area contributed by atoms with Gasteiger partial charge in [0, 0.05) is 0 Å². The quantitative estimate of drug-likeness (QED) is 0.662. The Balaban J connectivity index is 2.98. The summed E-state index contributed by atoms with van der Waals surface area (Å²) in [6, 6.07) is 1.78. The van der Waals surface area contributed by atoms with Crippen LogP contribution in [0.15, 0.2) is 6.20 Å². The number of carbonyl (C=O) groups is 2. The number of nitrogens with zero attached hydrogens (tertiary/aromatic N) is 3. The Labute approximate surface area is 79.9 Å². The highest BCUT2D eigenvalue weighted by atomic mass is 16.2. The van der Waals surface area contributed by atoms with Gasteiger partial charge in [-0.2, -0.15) is 15.0 Å². The molecule has 0 aromatic carbocycles. The van der Waals surface area contributed by atoms with Crippen LogP contribution < -0.4 is 5.73 Å². The molecule has 72 valence electrons. The lowest BCUT2D eigenvalue weighted by atomic mass is 10.3. The SMILES string of the molecule is CC(=O)CC(=O)n1ncc(C#N)c1N. The largest absolute Gasteiger partial charge is 0.382 e. The molecule has 14 heavy (non-hydrogen) atoms. The van der Waals surface area contributed by atoms with Crippen LogP contribution in [0.4, 0.5) is 5.82 Å². The molecule has 1 heterocycles. The zero-order chi connectivity index (χ0) is 10.7. The fourth-order valence-electron chi connectivity index (χ4n) is 0.931. The van der Waals surface area contributed by atoms with E-state index in [-0.39, 0.29) is 23.6 Å². The van der Waals surface area contributed by atoms with Crippen LogP contribution in [-0.4, -0.2) is 21.5 Å². The Bertz CT molecular complexity index is 427. The van der Waals surface area contributed by atoms with Crippen LogP contribution >= 0.6 is 0 Å². The molecule has 0 saturated carbocycles. The highest BCUT2D eigenvalue weighted by Crippen LogP contribution is 2.09. The number of hydrogen-bond acceptors (Lipinski definition) is 5. The molecule has 1 aromatic rings. The topological polar surface area (TPSA) is 102 Å². The molecule has 0 saturated heterocycles. The molecule has 0 amide bonds. The summed E-state index contributed by atoms with van der Waals surface area (Å²) in [5, 5.41) is 12.1. The number of carbonyl (C=O) groups excluding carboxylic acids is 2. The standard InChI is InChI=1S/C8H8N4O2/c1-5(13)2-7(14)12-8(10)6(3-9)4-11-12/h4H,2,10H2,1H3. The molecule has 1 aromatic heterocycles. The second kappa shape index (κ2) is 3.70. The van der Waals surface area contributed by atoms with Gasteiger partial charge in [-0.05, 0) is 6.92 Å². The van der Waals surface area contributed by atoms with Gasteiger partial charge in [0.1, 0.15) is 23.2 Å². The fraction of sp³-hybridized carbons (Fsp3) is 0.250. The van der Waals surface area contributed by atoms with Crippen molar-refractivity contribution in [2.75, 3.05) is 5.73 Å². The van der Waals surface area contributed by atoms with Crippen LogP contribution in [0.5, 0.6) is 0 Å². The van der Waals surface area contributed by atoms with E-state index >= 15 is 0 Å². The summed E-state index contributed by atoms with van der Waals surface area (Å²) < 4.78 is 0.861. The normalized spacial score (nSPS) is 9.43. The Hall–Kier alpha value is -2.16. The molecule has 0 atom stereocenters. The molecule has 0 spiro atoms. The average Bonchev–Trinajstić information content (AvgIpc) is 2.45. The maximum Gasteiger partial charge on any atom is 0.256 e. The van der Waals surface area contributed by atoms with Crippen molar-refractivity contribution < 1.29 is 9.59 Å². The van der Waals surface area contributed by atoms with E-state index in [9.17, 15) is 9.59 Å². The molecule has 0 aliphatic carbocycles. The van der Waals surface area contributed by atoms with Crippen molar-refractivity contribution >= 4 is 17.5 Å². The number of ketones is 1. The van der Waals surface area contributed by atoms with Crippen molar-refractivity contribution in [1.29, 1.82) is 5.26 Å². The number of nitriles is 1. The maximum atomic E-state index is 11.3. The molecule has 0 bridgehead atoms. The van der Waals surface area contributed by atoms with Gasteiger partial charge in [0.2, 0.25) is 0 Å². The lowest BCUT2D eigenvalue weighted by Crippen LogP contribution is -2.17. The molecule has 0 radical (unpaired) electrons. The molecule has 0 aliphatic heterocycles. The molecule has 6 heteroatoms. The highest BCUT2D eigenvalue weighted by Gasteiger charge is 2.14. The van der Waals surface area contributed by atoms with Crippen LogP contribution in [0, 0.1) is 11.3 Å². The van der Waals surface area contributed by atoms with Crippen LogP contribution in [0.25, 0.3) is 0 Å². The van der Waals surface area contributed by atoms with E-state index in [4.69, 9.17) is 11.0 Å². The summed E-state index contributed by atoms with van der Waals surface area (Å²) in [6.07, 6.45) is 0.921. The molecule has 2 N–H and O–H groups in total. The number of hydrogen-bond donors (Lipinski definition) is 1. The zero-order valence-corrected chi connectivity index (χ0v) is 7.52. The number of nitrogen functional groups attached to an aromatic ring is 1. The van der Waals surface area contributed by atoms with Gasteiger partial charge >= 0.3 is 0 Å². The minimum absolute atomic E-state index is 0.0289. The first-order chi connectivity index (χ1) is 6.56. The molecule has 0 fully saturated rings. The van der Waals surface area contributed by atoms with Crippen LogP contribution in [-0.2, 0) is 4.79 Å². The highest BCUT2D eigenvalue weighted by molar-refractivity contribution is 5.98. The molecule has 6 nitrogen and oxygen atoms in total. The van der Waals surface area contributed by atoms with Gasteiger partial charge in [-0.3, -0.25) is 9.59 Å². The number of rotatable bonds is 2. The zero-order valence-electron chi connectivity index (χ0n) is 7.52. The predicted octanol–water partition coefficient (Wildman–Crippen LogP) is -0.0437. The summed E-state index contributed by atoms with van der Waals surface area (Å²) in [4.78, 5) is 21.9. The number of aromatic nitrogens is 2. The van der Waals surface area contributed by atoms with Crippen LogP contribution in [0.2, 0.25) is 0 Å². The Kier molecular flexibility index (Phi) is 2.62. The monoisotopic (exact) mass is 192 g/mol. The summed E-state index contributed by atoms with van der Waals surface area (Å²) >= 11 is 0. The van der Waals surface area contributed by atoms with E-state index in [0.717, 1.165) is 4.68 Å². The van der Waals surface area contributed by atoms with E-state index < -0.39 is 5.91 Å². The molecule has 0 unspecified atom stereocenters. The van der Waals surface area contributed by atoms with Gasteiger partial charge in [0.05, 0.1) is 12.6 Å². The van der Waals surface area contributed by atoms with Gasteiger partial charge in [-0.25, -0.2) is 0 Å². The van der Waals surface area contributed by atoms with Gasteiger partial charge in [-0.1, -0.05) is 0 Å². The maximum absolute atomic E-state index is 11.3. The van der Waals surface area contributed by atoms with Crippen LogP contribution in [0.3, 0.4) is 0 Å². The number of anilines is 1. The van der Waals surface area contributed by atoms with Gasteiger partial charge < -0.3 is 5.73 Å². The average molecular weight is 192 g/mol. The lowest BCUT2D eigenvalue weighted by Gasteiger charge is -1.99. The van der Waals surface area contributed by atoms with Crippen molar-refractivity contribution in [2.24, 2.45) is 0 Å². The van der Waals surface area contributed by atoms with E-state index in [1.807, 2.05) is 0 Å². The van der Waals surface area contributed by atoms with Gasteiger partial charge in [0.15, 0.2) is 0 Å². The van der Waals surface area contributed by atoms with Gasteiger partial charge in [0.25, 0.3) is 5.91 Å². The lowest BCUT2D eigenvalue weighted by molar-refractivity contribution is -0.116. The first-order valence-electron chi connectivity index (χ1n) is 3.82. The van der Waals surface area contributed by atoms with E-state index in [2.05, 4.69) is 5.10 Å². The van der Waals surface area contributed by atoms with Crippen LogP contribution in [0.1, 0.15) is 23.7 Å². The third kappa shape index (κ3) is 1.77. The van der Waals surface area contributed by atoms with Gasteiger partial charge in [-0.15, -0.1) is 0 Å². The second-order valence-electron chi connectivity index (χ2n) is 2.74. The van der Waals surface area contributed by atoms with Crippen molar-refractivity contribution in [1.82, 2.24) is 9.78 Å². The predicted molar refractivity (Wildman–Crippen MR) is 47.3 cm³/mol. The number of Topliss-reactive ketones (excluding diaryl/α,β-unsaturated/α-hetero) is 1. The smallest absolute Gasteiger partial charge is 0.256 e. The van der Waals surface area contributed by atoms with Crippen molar-refractivity contribution in [3.63, 3.8) is 0 Å². The minimum Gasteiger partial charge on any atom is -0.382 e. The fourth-order valence-corrected chi connectivity index (χ4v) is 0.931. The minimum atomic E-state index is -0.531. The first kappa shape index (κ1) is 9.92. The Morgan fingerprint density at radius 1 is 1.71 bits per heavy atom. The molecular weight excluding hydrogens is 184 g/mol. The third-order valence-corrected chi connectivity index (χ3v) is 1.56. The summed E-state index contributed by atoms with van der Waals surface area (Å²) in [6.45, 7) is 1.29.